The summed E-state index contributed by atoms with van der Waals surface area (Å²) in [6.45, 7) is 5.42. The number of rotatable bonds is 10. The van der Waals surface area contributed by atoms with Gasteiger partial charge in [0, 0.05) is 12.2 Å². The van der Waals surface area contributed by atoms with E-state index in [1.165, 1.54) is 24.2 Å². The zero-order valence-electron chi connectivity index (χ0n) is 16.1. The van der Waals surface area contributed by atoms with Crippen LogP contribution in [-0.4, -0.2) is 34.4 Å². The number of amides is 4. The van der Waals surface area contributed by atoms with Gasteiger partial charge in [-0.25, -0.2) is 4.79 Å². The Morgan fingerprint density at radius 1 is 1.11 bits per heavy atom. The normalized spacial score (nSPS) is 14.1. The van der Waals surface area contributed by atoms with Crippen LogP contribution in [0, 0.1) is 5.92 Å². The molecule has 1 aliphatic heterocycles. The number of carbonyl (C=O) groups is 3. The molecule has 7 heteroatoms. The van der Waals surface area contributed by atoms with E-state index in [-0.39, 0.29) is 29.5 Å². The average Bonchev–Trinajstić information content (AvgIpc) is 2.94. The van der Waals surface area contributed by atoms with Crippen LogP contribution in [0.3, 0.4) is 0 Å². The molecule has 0 bridgehead atoms. The summed E-state index contributed by atoms with van der Waals surface area (Å²) in [4.78, 5) is 36.4. The maximum atomic E-state index is 11.9. The number of unbranched alkanes of at least 4 members (excludes halogenated alkanes) is 3. The molecule has 0 radical (unpaired) electrons. The van der Waals surface area contributed by atoms with Gasteiger partial charge in [0.1, 0.15) is 0 Å². The molecule has 2 rings (SSSR count). The number of carbonyl (C=O) groups excluding carboxylic acids is 3. The quantitative estimate of drug-likeness (QED) is 0.571. The third-order valence-corrected chi connectivity index (χ3v) is 5.25. The molecule has 0 saturated carbocycles. The fourth-order valence-corrected chi connectivity index (χ4v) is 3.54. The van der Waals surface area contributed by atoms with Gasteiger partial charge in [-0.15, -0.1) is 0 Å². The lowest BCUT2D eigenvalue weighted by Crippen LogP contribution is -2.29. The molecule has 27 heavy (non-hydrogen) atoms. The number of thioether (sulfide) groups is 1. The minimum atomic E-state index is -0.216. The van der Waals surface area contributed by atoms with Crippen LogP contribution in [-0.2, 0) is 11.3 Å². The monoisotopic (exact) mass is 391 g/mol. The van der Waals surface area contributed by atoms with E-state index in [4.69, 9.17) is 0 Å². The summed E-state index contributed by atoms with van der Waals surface area (Å²) in [5.74, 6) is 0.822. The highest BCUT2D eigenvalue weighted by Gasteiger charge is 2.29. The molecule has 1 aromatic rings. The minimum absolute atomic E-state index is 0.157. The third-order valence-electron chi connectivity index (χ3n) is 4.39. The van der Waals surface area contributed by atoms with Crippen molar-refractivity contribution in [3.63, 3.8) is 0 Å². The Hall–Kier alpha value is -2.02. The van der Waals surface area contributed by atoms with Crippen molar-refractivity contribution in [2.75, 3.05) is 17.6 Å². The van der Waals surface area contributed by atoms with Gasteiger partial charge < -0.3 is 10.6 Å². The molecule has 0 aliphatic carbocycles. The number of benzene rings is 1. The Morgan fingerprint density at radius 2 is 1.81 bits per heavy atom. The van der Waals surface area contributed by atoms with Gasteiger partial charge in [0.2, 0.25) is 5.91 Å². The molecule has 0 aromatic heterocycles. The molecule has 0 unspecified atom stereocenters. The van der Waals surface area contributed by atoms with Crippen LogP contribution >= 0.6 is 11.8 Å². The molecule has 0 atom stereocenters. The minimum Gasteiger partial charge on any atom is -0.338 e. The Bertz CT molecular complexity index is 630. The number of anilines is 1. The van der Waals surface area contributed by atoms with Crippen molar-refractivity contribution in [2.24, 2.45) is 5.92 Å². The number of urea groups is 1. The number of nitrogens with zero attached hydrogens (tertiary/aromatic N) is 1. The Morgan fingerprint density at radius 3 is 2.44 bits per heavy atom. The van der Waals surface area contributed by atoms with Gasteiger partial charge in [-0.2, -0.15) is 0 Å². The van der Waals surface area contributed by atoms with Crippen molar-refractivity contribution in [2.45, 2.75) is 52.5 Å². The summed E-state index contributed by atoms with van der Waals surface area (Å²) < 4.78 is 0. The van der Waals surface area contributed by atoms with Crippen molar-refractivity contribution < 1.29 is 14.4 Å². The van der Waals surface area contributed by atoms with E-state index in [1.54, 1.807) is 12.1 Å². The zero-order chi connectivity index (χ0) is 19.6. The number of nitrogens with one attached hydrogen (secondary N) is 2. The second-order valence-electron chi connectivity index (χ2n) is 7.21. The average molecular weight is 392 g/mol. The van der Waals surface area contributed by atoms with Crippen molar-refractivity contribution >= 4 is 34.6 Å². The maximum Gasteiger partial charge on any atom is 0.319 e. The second kappa shape index (κ2) is 11.0. The molecule has 148 valence electrons. The molecular weight excluding hydrogens is 362 g/mol. The molecule has 0 spiro atoms. The lowest BCUT2D eigenvalue weighted by Gasteiger charge is -2.13. The van der Waals surface area contributed by atoms with Crippen LogP contribution in [0.25, 0.3) is 0 Å². The fourth-order valence-electron chi connectivity index (χ4n) is 2.82. The molecule has 1 saturated heterocycles. The molecule has 6 nitrogen and oxygen atoms in total. The van der Waals surface area contributed by atoms with Gasteiger partial charge in [0.25, 0.3) is 5.24 Å². The summed E-state index contributed by atoms with van der Waals surface area (Å²) in [6, 6.07) is 6.96. The van der Waals surface area contributed by atoms with Crippen molar-refractivity contribution in [3.05, 3.63) is 29.8 Å². The van der Waals surface area contributed by atoms with E-state index in [1.807, 2.05) is 12.1 Å². The van der Waals surface area contributed by atoms with Gasteiger partial charge in [-0.05, 0) is 30.0 Å². The van der Waals surface area contributed by atoms with Crippen molar-refractivity contribution in [1.29, 1.82) is 0 Å². The number of imide groups is 1. The van der Waals surface area contributed by atoms with Crippen LogP contribution in [0.5, 0.6) is 0 Å². The highest BCUT2D eigenvalue weighted by atomic mass is 32.2. The van der Waals surface area contributed by atoms with Crippen LogP contribution in [0.1, 0.15) is 51.5 Å². The highest BCUT2D eigenvalue weighted by molar-refractivity contribution is 8.14. The van der Waals surface area contributed by atoms with E-state index in [0.29, 0.717) is 12.2 Å². The van der Waals surface area contributed by atoms with Crippen molar-refractivity contribution in [3.8, 4) is 0 Å². The highest BCUT2D eigenvalue weighted by Crippen LogP contribution is 2.21. The molecule has 2 N–H and O–H groups in total. The van der Waals surface area contributed by atoms with Gasteiger partial charge in [0.05, 0.1) is 12.3 Å². The third kappa shape index (κ3) is 7.62. The van der Waals surface area contributed by atoms with Gasteiger partial charge in [-0.3, -0.25) is 14.5 Å². The maximum absolute atomic E-state index is 11.9. The molecule has 4 amide bonds. The van der Waals surface area contributed by atoms with Crippen LogP contribution in [0.4, 0.5) is 15.3 Å². The standard InChI is InChI=1S/C20H29N3O3S/c1-15(2)7-5-3-4-6-12-21-19(25)22-17-10-8-16(9-11-17)13-23-18(24)14-27-20(23)26/h8-11,15H,3-7,12-14H2,1-2H3,(H2,21,22,25). The van der Waals surface area contributed by atoms with Crippen molar-refractivity contribution in [1.82, 2.24) is 10.2 Å². The molecule has 1 heterocycles. The smallest absolute Gasteiger partial charge is 0.319 e. The van der Waals surface area contributed by atoms with E-state index in [2.05, 4.69) is 24.5 Å². The van der Waals surface area contributed by atoms with Crippen LogP contribution in [0.15, 0.2) is 24.3 Å². The summed E-state index contributed by atoms with van der Waals surface area (Å²) in [7, 11) is 0. The van der Waals surface area contributed by atoms with Gasteiger partial charge in [0.15, 0.2) is 0 Å². The summed E-state index contributed by atoms with van der Waals surface area (Å²) in [5.41, 5.74) is 1.54. The summed E-state index contributed by atoms with van der Waals surface area (Å²) in [6.07, 6.45) is 5.85. The Balaban J connectivity index is 1.64. The van der Waals surface area contributed by atoms with E-state index >= 15 is 0 Å². The first kappa shape index (κ1) is 21.3. The predicted octanol–water partition coefficient (Wildman–Crippen LogP) is 4.61. The molecular formula is C20H29N3O3S. The molecule has 1 fully saturated rings. The van der Waals surface area contributed by atoms with Crippen LogP contribution < -0.4 is 10.6 Å². The van der Waals surface area contributed by atoms with Crippen LogP contribution in [0.2, 0.25) is 0 Å². The number of hydrogen-bond acceptors (Lipinski definition) is 4. The van der Waals surface area contributed by atoms with E-state index in [9.17, 15) is 14.4 Å². The van der Waals surface area contributed by atoms with E-state index in [0.717, 1.165) is 36.1 Å². The second-order valence-corrected chi connectivity index (χ2v) is 8.14. The first-order valence-corrected chi connectivity index (χ1v) is 10.5. The van der Waals surface area contributed by atoms with E-state index < -0.39 is 0 Å². The molecule has 1 aliphatic rings. The lowest BCUT2D eigenvalue weighted by atomic mass is 10.0. The largest absolute Gasteiger partial charge is 0.338 e. The zero-order valence-corrected chi connectivity index (χ0v) is 16.9. The Kier molecular flexibility index (Phi) is 8.64. The number of hydrogen-bond donors (Lipinski definition) is 2. The van der Waals surface area contributed by atoms with Gasteiger partial charge >= 0.3 is 6.03 Å². The molecule has 1 aromatic carbocycles. The fraction of sp³-hybridized carbons (Fsp3) is 0.550. The Labute approximate surface area is 165 Å². The lowest BCUT2D eigenvalue weighted by molar-refractivity contribution is -0.125. The SMILES string of the molecule is CC(C)CCCCCCNC(=O)Nc1ccc(CN2C(=O)CSC2=O)cc1. The summed E-state index contributed by atoms with van der Waals surface area (Å²) in [5, 5.41) is 5.46. The van der Waals surface area contributed by atoms with Gasteiger partial charge in [-0.1, -0.05) is 63.4 Å². The first-order valence-electron chi connectivity index (χ1n) is 9.56. The first-order chi connectivity index (χ1) is 13.0. The topological polar surface area (TPSA) is 78.5 Å². The predicted molar refractivity (Wildman–Crippen MR) is 110 cm³/mol. The summed E-state index contributed by atoms with van der Waals surface area (Å²) >= 11 is 1.03.